The van der Waals surface area contributed by atoms with Crippen molar-refractivity contribution < 1.29 is 14.3 Å². The number of hydrogen-bond donors (Lipinski definition) is 0. The number of aryl methyl sites for hydroxylation is 1. The second-order valence-corrected chi connectivity index (χ2v) is 6.15. The molecule has 3 aromatic rings. The van der Waals surface area contributed by atoms with E-state index in [2.05, 4.69) is 5.10 Å². The van der Waals surface area contributed by atoms with Crippen LogP contribution in [0.5, 0.6) is 5.75 Å². The fourth-order valence-corrected chi connectivity index (χ4v) is 2.91. The molecule has 1 aromatic heterocycles. The lowest BCUT2D eigenvalue weighted by molar-refractivity contribution is -0.144. The maximum absolute atomic E-state index is 12.3. The van der Waals surface area contributed by atoms with E-state index in [0.29, 0.717) is 32.8 Å². The number of carbonyl (C=O) groups excluding carboxylic acids is 1. The van der Waals surface area contributed by atoms with Gasteiger partial charge in [-0.05, 0) is 24.3 Å². The third-order valence-corrected chi connectivity index (χ3v) is 4.21. The first kappa shape index (κ1) is 17.9. The molecule has 0 atom stereocenters. The van der Waals surface area contributed by atoms with Gasteiger partial charge in [0.15, 0.2) is 0 Å². The Balaban J connectivity index is 1.79. The quantitative estimate of drug-likeness (QED) is 0.644. The molecule has 0 unspecified atom stereocenters. The van der Waals surface area contributed by atoms with E-state index >= 15 is 0 Å². The summed E-state index contributed by atoms with van der Waals surface area (Å²) in [4.78, 5) is 24.4. The van der Waals surface area contributed by atoms with Gasteiger partial charge in [-0.2, -0.15) is 5.10 Å². The predicted octanol–water partition coefficient (Wildman–Crippen LogP) is 2.88. The van der Waals surface area contributed by atoms with E-state index in [-0.39, 0.29) is 18.6 Å². The molecule has 0 radical (unpaired) electrons. The Kier molecular flexibility index (Phi) is 5.23. The SMILES string of the molecule is COc1ccc(Cl)cc1COC(=O)Cc1nn(C)c(=O)c2ccccc12. The fraction of sp³-hybridized carbons (Fsp3) is 0.211. The van der Waals surface area contributed by atoms with E-state index in [9.17, 15) is 9.59 Å². The van der Waals surface area contributed by atoms with Crippen LogP contribution >= 0.6 is 11.6 Å². The summed E-state index contributed by atoms with van der Waals surface area (Å²) in [7, 11) is 3.09. The lowest BCUT2D eigenvalue weighted by Gasteiger charge is -2.11. The molecule has 0 saturated carbocycles. The van der Waals surface area contributed by atoms with Crippen molar-refractivity contribution in [3.05, 3.63) is 69.1 Å². The van der Waals surface area contributed by atoms with Crippen molar-refractivity contribution in [3.8, 4) is 5.75 Å². The van der Waals surface area contributed by atoms with Gasteiger partial charge in [0.25, 0.3) is 5.56 Å². The zero-order chi connectivity index (χ0) is 18.7. The third-order valence-electron chi connectivity index (χ3n) is 3.98. The Morgan fingerprint density at radius 1 is 1.19 bits per heavy atom. The van der Waals surface area contributed by atoms with E-state index in [1.165, 1.54) is 11.8 Å². The summed E-state index contributed by atoms with van der Waals surface area (Å²) in [5.41, 5.74) is 0.957. The molecule has 7 heteroatoms. The highest BCUT2D eigenvalue weighted by Crippen LogP contribution is 2.23. The van der Waals surface area contributed by atoms with Gasteiger partial charge in [0.05, 0.1) is 24.6 Å². The molecular formula is C19H17ClN2O4. The van der Waals surface area contributed by atoms with E-state index in [4.69, 9.17) is 21.1 Å². The topological polar surface area (TPSA) is 70.4 Å². The number of rotatable bonds is 5. The molecule has 6 nitrogen and oxygen atoms in total. The first-order valence-corrected chi connectivity index (χ1v) is 8.30. The summed E-state index contributed by atoms with van der Waals surface area (Å²) in [6.07, 6.45) is -0.0441. The zero-order valence-corrected chi connectivity index (χ0v) is 15.1. The molecule has 0 fully saturated rings. The van der Waals surface area contributed by atoms with Crippen LogP contribution in [0.25, 0.3) is 10.8 Å². The largest absolute Gasteiger partial charge is 0.496 e. The average Bonchev–Trinajstić information content (AvgIpc) is 2.64. The van der Waals surface area contributed by atoms with Gasteiger partial charge in [-0.15, -0.1) is 0 Å². The van der Waals surface area contributed by atoms with E-state index < -0.39 is 5.97 Å². The molecule has 134 valence electrons. The molecule has 0 aliphatic carbocycles. The fourth-order valence-electron chi connectivity index (χ4n) is 2.71. The third kappa shape index (κ3) is 3.70. The molecule has 0 aliphatic heterocycles. The smallest absolute Gasteiger partial charge is 0.312 e. The molecule has 0 amide bonds. The molecular weight excluding hydrogens is 356 g/mol. The number of nitrogens with zero attached hydrogens (tertiary/aromatic N) is 2. The van der Waals surface area contributed by atoms with Crippen molar-refractivity contribution in [3.63, 3.8) is 0 Å². The maximum Gasteiger partial charge on any atom is 0.312 e. The standard InChI is InChI=1S/C19H17ClN2O4/c1-22-19(24)15-6-4-3-5-14(15)16(21-22)10-18(23)26-11-12-9-13(20)7-8-17(12)25-2/h3-9H,10-11H2,1-2H3. The number of carbonyl (C=O) groups is 1. The van der Waals surface area contributed by atoms with Crippen molar-refractivity contribution in [1.29, 1.82) is 0 Å². The summed E-state index contributed by atoms with van der Waals surface area (Å²) >= 11 is 5.98. The number of ether oxygens (including phenoxy) is 2. The minimum Gasteiger partial charge on any atom is -0.496 e. The van der Waals surface area contributed by atoms with E-state index in [1.807, 2.05) is 0 Å². The molecule has 26 heavy (non-hydrogen) atoms. The highest BCUT2D eigenvalue weighted by atomic mass is 35.5. The van der Waals surface area contributed by atoms with Gasteiger partial charge in [-0.3, -0.25) is 9.59 Å². The number of fused-ring (bicyclic) bond motifs is 1. The van der Waals surface area contributed by atoms with Gasteiger partial charge < -0.3 is 9.47 Å². The first-order chi connectivity index (χ1) is 12.5. The van der Waals surface area contributed by atoms with Crippen LogP contribution in [-0.2, 0) is 29.6 Å². The Morgan fingerprint density at radius 3 is 2.65 bits per heavy atom. The molecule has 3 rings (SSSR count). The van der Waals surface area contributed by atoms with Crippen LogP contribution in [-0.4, -0.2) is 22.9 Å². The number of esters is 1. The number of hydrogen-bond acceptors (Lipinski definition) is 5. The van der Waals surface area contributed by atoms with Crippen LogP contribution in [0.3, 0.4) is 0 Å². The normalized spacial score (nSPS) is 10.7. The average molecular weight is 373 g/mol. The molecule has 2 aromatic carbocycles. The molecule has 0 spiro atoms. The van der Waals surface area contributed by atoms with Crippen molar-refractivity contribution >= 4 is 28.3 Å². The van der Waals surface area contributed by atoms with Crippen LogP contribution < -0.4 is 10.3 Å². The minimum absolute atomic E-state index is 0.0340. The van der Waals surface area contributed by atoms with Gasteiger partial charge in [-0.25, -0.2) is 4.68 Å². The molecule has 1 heterocycles. The van der Waals surface area contributed by atoms with E-state index in [1.54, 1.807) is 49.5 Å². The summed E-state index contributed by atoms with van der Waals surface area (Å²) in [5, 5.41) is 5.90. The van der Waals surface area contributed by atoms with E-state index in [0.717, 1.165) is 0 Å². The van der Waals surface area contributed by atoms with Crippen LogP contribution in [0.1, 0.15) is 11.3 Å². The number of benzene rings is 2. The Labute approximate surface area is 154 Å². The van der Waals surface area contributed by atoms with Crippen molar-refractivity contribution in [2.75, 3.05) is 7.11 Å². The Hall–Kier alpha value is -2.86. The number of halogens is 1. The minimum atomic E-state index is -0.455. The van der Waals surface area contributed by atoms with Crippen LogP contribution in [0.4, 0.5) is 0 Å². The highest BCUT2D eigenvalue weighted by Gasteiger charge is 2.14. The highest BCUT2D eigenvalue weighted by molar-refractivity contribution is 6.30. The second kappa shape index (κ2) is 7.58. The summed E-state index contributed by atoms with van der Waals surface area (Å²) in [6, 6.07) is 12.2. The van der Waals surface area contributed by atoms with Gasteiger partial charge in [0.1, 0.15) is 12.4 Å². The van der Waals surface area contributed by atoms with Gasteiger partial charge in [0, 0.05) is 23.0 Å². The van der Waals surface area contributed by atoms with Crippen LogP contribution in [0.2, 0.25) is 5.02 Å². The molecule has 0 saturated heterocycles. The summed E-state index contributed by atoms with van der Waals surface area (Å²) in [6.45, 7) is 0.0340. The number of methoxy groups -OCH3 is 1. The molecule has 0 bridgehead atoms. The monoisotopic (exact) mass is 372 g/mol. The van der Waals surface area contributed by atoms with Gasteiger partial charge >= 0.3 is 5.97 Å². The second-order valence-electron chi connectivity index (χ2n) is 5.71. The van der Waals surface area contributed by atoms with Crippen molar-refractivity contribution in [2.45, 2.75) is 13.0 Å². The lowest BCUT2D eigenvalue weighted by Crippen LogP contribution is -2.22. The predicted molar refractivity (Wildman–Crippen MR) is 98.5 cm³/mol. The number of aromatic nitrogens is 2. The lowest BCUT2D eigenvalue weighted by atomic mass is 10.1. The first-order valence-electron chi connectivity index (χ1n) is 7.92. The zero-order valence-electron chi connectivity index (χ0n) is 14.4. The molecule has 0 aliphatic rings. The summed E-state index contributed by atoms with van der Waals surface area (Å²) in [5.74, 6) is 0.135. The van der Waals surface area contributed by atoms with Crippen LogP contribution in [0.15, 0.2) is 47.3 Å². The van der Waals surface area contributed by atoms with Crippen molar-refractivity contribution in [1.82, 2.24) is 9.78 Å². The van der Waals surface area contributed by atoms with Gasteiger partial charge in [0.2, 0.25) is 0 Å². The molecule has 0 N–H and O–H groups in total. The maximum atomic E-state index is 12.3. The summed E-state index contributed by atoms with van der Waals surface area (Å²) < 4.78 is 11.8. The van der Waals surface area contributed by atoms with Crippen molar-refractivity contribution in [2.24, 2.45) is 7.05 Å². The Bertz CT molecular complexity index is 1030. The Morgan fingerprint density at radius 2 is 1.92 bits per heavy atom. The van der Waals surface area contributed by atoms with Crippen LogP contribution in [0, 0.1) is 0 Å². The van der Waals surface area contributed by atoms with Gasteiger partial charge in [-0.1, -0.05) is 29.8 Å².